The number of hydrogen-bond acceptors (Lipinski definition) is 6. The Kier molecular flexibility index (Phi) is 4.98. The van der Waals surface area contributed by atoms with E-state index in [4.69, 9.17) is 9.26 Å². The summed E-state index contributed by atoms with van der Waals surface area (Å²) in [7, 11) is 1.62. The van der Waals surface area contributed by atoms with Crippen molar-refractivity contribution in [3.8, 4) is 17.2 Å². The quantitative estimate of drug-likeness (QED) is 0.712. The van der Waals surface area contributed by atoms with Gasteiger partial charge in [-0.05, 0) is 50.7 Å². The maximum absolute atomic E-state index is 13.0. The van der Waals surface area contributed by atoms with Gasteiger partial charge in [0.2, 0.25) is 0 Å². The number of likely N-dealkylation sites (tertiary alicyclic amines) is 1. The number of fused-ring (bicyclic) bond motifs is 1. The summed E-state index contributed by atoms with van der Waals surface area (Å²) < 4.78 is 10.9. The van der Waals surface area contributed by atoms with Gasteiger partial charge in [0.25, 0.3) is 11.8 Å². The number of carbonyl (C=O) groups is 1. The number of nitrogens with zero attached hydrogens (tertiary/aromatic N) is 4. The molecule has 1 N–H and O–H groups in total. The Bertz CT molecular complexity index is 1050. The molecule has 3 heterocycles. The average molecular weight is 407 g/mol. The summed E-state index contributed by atoms with van der Waals surface area (Å²) in [6, 6.07) is 7.60. The van der Waals surface area contributed by atoms with Crippen molar-refractivity contribution in [3.05, 3.63) is 47.0 Å². The number of ether oxygens (including phenoxy) is 1. The van der Waals surface area contributed by atoms with E-state index in [-0.39, 0.29) is 11.8 Å². The van der Waals surface area contributed by atoms with Crippen molar-refractivity contribution in [2.24, 2.45) is 0 Å². The van der Waals surface area contributed by atoms with Gasteiger partial charge in [-0.1, -0.05) is 17.3 Å². The van der Waals surface area contributed by atoms with Gasteiger partial charge in [-0.2, -0.15) is 10.1 Å². The van der Waals surface area contributed by atoms with Gasteiger partial charge < -0.3 is 14.2 Å². The van der Waals surface area contributed by atoms with Crippen molar-refractivity contribution in [3.63, 3.8) is 0 Å². The van der Waals surface area contributed by atoms with Crippen molar-refractivity contribution in [2.45, 2.75) is 44.4 Å². The molecule has 3 aromatic rings. The lowest BCUT2D eigenvalue weighted by Crippen LogP contribution is -2.38. The van der Waals surface area contributed by atoms with Crippen LogP contribution < -0.4 is 4.74 Å². The SMILES string of the molecule is COc1ccccc1-c1nc(C2CCN(C(=O)c3n[nH]c4c3CCCC4)CC2)no1. The molecule has 1 amide bonds. The van der Waals surface area contributed by atoms with Gasteiger partial charge in [0.05, 0.1) is 12.7 Å². The highest BCUT2D eigenvalue weighted by molar-refractivity contribution is 5.94. The molecule has 0 radical (unpaired) electrons. The predicted molar refractivity (Wildman–Crippen MR) is 109 cm³/mol. The summed E-state index contributed by atoms with van der Waals surface area (Å²) in [5, 5.41) is 11.6. The van der Waals surface area contributed by atoms with Crippen molar-refractivity contribution < 1.29 is 14.1 Å². The maximum atomic E-state index is 13.0. The van der Waals surface area contributed by atoms with Crippen LogP contribution in [-0.4, -0.2) is 51.3 Å². The molecule has 0 spiro atoms. The van der Waals surface area contributed by atoms with Crippen LogP contribution in [0.15, 0.2) is 28.8 Å². The van der Waals surface area contributed by atoms with Crippen LogP contribution in [0.4, 0.5) is 0 Å². The molecule has 0 unspecified atom stereocenters. The van der Waals surface area contributed by atoms with Crippen LogP contribution in [0, 0.1) is 0 Å². The summed E-state index contributed by atoms with van der Waals surface area (Å²) in [4.78, 5) is 19.5. The third-order valence-corrected chi connectivity index (χ3v) is 6.19. The Hall–Kier alpha value is -3.16. The molecule has 1 fully saturated rings. The first-order valence-corrected chi connectivity index (χ1v) is 10.6. The lowest BCUT2D eigenvalue weighted by atomic mass is 9.94. The van der Waals surface area contributed by atoms with Crippen LogP contribution in [0.5, 0.6) is 5.75 Å². The molecule has 8 nitrogen and oxygen atoms in total. The van der Waals surface area contributed by atoms with Gasteiger partial charge in [0.1, 0.15) is 5.75 Å². The Labute approximate surface area is 174 Å². The summed E-state index contributed by atoms with van der Waals surface area (Å²) in [5.41, 5.74) is 3.65. The van der Waals surface area contributed by atoms with Gasteiger partial charge in [0, 0.05) is 30.3 Å². The van der Waals surface area contributed by atoms with Gasteiger partial charge in [-0.15, -0.1) is 0 Å². The summed E-state index contributed by atoms with van der Waals surface area (Å²) in [5.74, 6) is 2.07. The van der Waals surface area contributed by atoms with Crippen molar-refractivity contribution in [1.82, 2.24) is 25.2 Å². The Morgan fingerprint density at radius 2 is 2.00 bits per heavy atom. The van der Waals surface area contributed by atoms with Crippen LogP contribution in [0.2, 0.25) is 0 Å². The molecule has 1 saturated heterocycles. The van der Waals surface area contributed by atoms with E-state index in [9.17, 15) is 4.79 Å². The normalized spacial score (nSPS) is 17.0. The molecule has 1 aliphatic carbocycles. The number of nitrogens with one attached hydrogen (secondary N) is 1. The second-order valence-electron chi connectivity index (χ2n) is 7.96. The van der Waals surface area contributed by atoms with E-state index in [0.717, 1.165) is 55.3 Å². The molecular formula is C22H25N5O3. The second-order valence-corrected chi connectivity index (χ2v) is 7.96. The fourth-order valence-electron chi connectivity index (χ4n) is 4.48. The molecule has 5 rings (SSSR count). The number of aromatic amines is 1. The third-order valence-electron chi connectivity index (χ3n) is 6.19. The number of piperidine rings is 1. The lowest BCUT2D eigenvalue weighted by Gasteiger charge is -2.30. The highest BCUT2D eigenvalue weighted by Crippen LogP contribution is 2.32. The highest BCUT2D eigenvalue weighted by Gasteiger charge is 2.31. The first-order valence-electron chi connectivity index (χ1n) is 10.6. The van der Waals surface area contributed by atoms with E-state index in [1.807, 2.05) is 29.2 Å². The predicted octanol–water partition coefficient (Wildman–Crippen LogP) is 3.37. The topological polar surface area (TPSA) is 97.1 Å². The molecule has 2 aromatic heterocycles. The minimum atomic E-state index is 0.0377. The number of aromatic nitrogens is 4. The number of aryl methyl sites for hydroxylation is 1. The second kappa shape index (κ2) is 7.93. The number of carbonyl (C=O) groups excluding carboxylic acids is 1. The van der Waals surface area contributed by atoms with Crippen LogP contribution in [0.3, 0.4) is 0 Å². The minimum Gasteiger partial charge on any atom is -0.496 e. The van der Waals surface area contributed by atoms with Crippen molar-refractivity contribution in [1.29, 1.82) is 0 Å². The average Bonchev–Trinajstić information content (AvgIpc) is 3.46. The first kappa shape index (κ1) is 18.8. The zero-order valence-corrected chi connectivity index (χ0v) is 17.1. The number of methoxy groups -OCH3 is 1. The molecule has 0 atom stereocenters. The van der Waals surface area contributed by atoms with E-state index in [2.05, 4.69) is 20.3 Å². The van der Waals surface area contributed by atoms with Gasteiger partial charge >= 0.3 is 0 Å². The zero-order valence-electron chi connectivity index (χ0n) is 17.1. The number of H-pyrrole nitrogens is 1. The first-order chi connectivity index (χ1) is 14.7. The Balaban J connectivity index is 1.26. The molecule has 0 bridgehead atoms. The summed E-state index contributed by atoms with van der Waals surface area (Å²) >= 11 is 0. The monoisotopic (exact) mass is 407 g/mol. The summed E-state index contributed by atoms with van der Waals surface area (Å²) in [6.07, 6.45) is 5.84. The van der Waals surface area contributed by atoms with Crippen LogP contribution in [0.25, 0.3) is 11.5 Å². The molecule has 0 saturated carbocycles. The number of benzene rings is 1. The van der Waals surface area contributed by atoms with E-state index in [1.165, 1.54) is 0 Å². The number of rotatable bonds is 4. The zero-order chi connectivity index (χ0) is 20.5. The highest BCUT2D eigenvalue weighted by atomic mass is 16.5. The molecule has 156 valence electrons. The molecule has 1 aliphatic heterocycles. The molecule has 8 heteroatoms. The van der Waals surface area contributed by atoms with E-state index in [1.54, 1.807) is 7.11 Å². The van der Waals surface area contributed by atoms with Gasteiger partial charge in [-0.25, -0.2) is 0 Å². The summed E-state index contributed by atoms with van der Waals surface area (Å²) in [6.45, 7) is 1.34. The largest absolute Gasteiger partial charge is 0.496 e. The van der Waals surface area contributed by atoms with Crippen molar-refractivity contribution in [2.75, 3.05) is 20.2 Å². The number of amides is 1. The van der Waals surface area contributed by atoms with Crippen LogP contribution >= 0.6 is 0 Å². The molecule has 30 heavy (non-hydrogen) atoms. The minimum absolute atomic E-state index is 0.0377. The van der Waals surface area contributed by atoms with E-state index in [0.29, 0.717) is 36.2 Å². The van der Waals surface area contributed by atoms with E-state index >= 15 is 0 Å². The fourth-order valence-corrected chi connectivity index (χ4v) is 4.48. The Morgan fingerprint density at radius 3 is 2.83 bits per heavy atom. The standard InChI is InChI=1S/C22H25N5O3/c1-29-18-9-5-3-7-16(18)21-23-20(26-30-21)14-10-12-27(13-11-14)22(28)19-15-6-2-4-8-17(15)24-25-19/h3,5,7,9,14H,2,4,6,8,10-13H2,1H3,(H,24,25). The number of hydrogen-bond donors (Lipinski definition) is 1. The molecule has 1 aromatic carbocycles. The Morgan fingerprint density at radius 1 is 1.20 bits per heavy atom. The molecule has 2 aliphatic rings. The third kappa shape index (κ3) is 3.36. The van der Waals surface area contributed by atoms with Crippen LogP contribution in [-0.2, 0) is 12.8 Å². The van der Waals surface area contributed by atoms with E-state index < -0.39 is 0 Å². The van der Waals surface area contributed by atoms with Gasteiger partial charge in [0.15, 0.2) is 11.5 Å². The fraction of sp³-hybridized carbons (Fsp3) is 0.455. The van der Waals surface area contributed by atoms with Gasteiger partial charge in [-0.3, -0.25) is 9.89 Å². The van der Waals surface area contributed by atoms with Crippen LogP contribution in [0.1, 0.15) is 59.2 Å². The van der Waals surface area contributed by atoms with Crippen molar-refractivity contribution >= 4 is 5.91 Å². The molecular weight excluding hydrogens is 382 g/mol. The smallest absolute Gasteiger partial charge is 0.274 e. The number of para-hydroxylation sites is 1. The lowest BCUT2D eigenvalue weighted by molar-refractivity contribution is 0.0703. The maximum Gasteiger partial charge on any atom is 0.274 e.